The van der Waals surface area contributed by atoms with E-state index in [1.54, 1.807) is 0 Å². The Bertz CT molecular complexity index is 518. The van der Waals surface area contributed by atoms with Crippen molar-refractivity contribution in [1.82, 2.24) is 0 Å². The number of hydrogen-bond acceptors (Lipinski definition) is 2. The largest absolute Gasteiger partial charge is 0.411 e. The van der Waals surface area contributed by atoms with Gasteiger partial charge < -0.3 is 5.21 Å². The average Bonchev–Trinajstić information content (AvgIpc) is 2.31. The van der Waals surface area contributed by atoms with Crippen LogP contribution < -0.4 is 0 Å². The zero-order chi connectivity index (χ0) is 11.4. The first-order valence-corrected chi connectivity index (χ1v) is 5.15. The first-order chi connectivity index (χ1) is 7.83. The molecule has 0 unspecified atom stereocenters. The molecule has 2 aromatic carbocycles. The predicted octanol–water partition coefficient (Wildman–Crippen LogP) is 3.47. The zero-order valence-electron chi connectivity index (χ0n) is 9.09. The van der Waals surface area contributed by atoms with Crippen molar-refractivity contribution in [3.05, 3.63) is 59.7 Å². The fourth-order valence-electron chi connectivity index (χ4n) is 1.79. The van der Waals surface area contributed by atoms with Crippen LogP contribution >= 0.6 is 0 Å². The Morgan fingerprint density at radius 3 is 2.25 bits per heavy atom. The fourth-order valence-corrected chi connectivity index (χ4v) is 1.79. The van der Waals surface area contributed by atoms with E-state index in [4.69, 9.17) is 5.21 Å². The third-order valence-corrected chi connectivity index (χ3v) is 2.59. The molecule has 2 heteroatoms. The number of benzene rings is 2. The lowest BCUT2D eigenvalue weighted by atomic mass is 9.97. The minimum Gasteiger partial charge on any atom is -0.411 e. The Labute approximate surface area is 94.9 Å². The second-order valence-electron chi connectivity index (χ2n) is 3.65. The minimum atomic E-state index is 0.916. The van der Waals surface area contributed by atoms with Gasteiger partial charge in [-0.1, -0.05) is 53.7 Å². The van der Waals surface area contributed by atoms with E-state index in [1.807, 2.05) is 36.4 Å². The molecule has 0 aliphatic rings. The van der Waals surface area contributed by atoms with Crippen LogP contribution in [-0.2, 0) is 0 Å². The van der Waals surface area contributed by atoms with E-state index in [1.165, 1.54) is 11.8 Å². The van der Waals surface area contributed by atoms with E-state index in [0.29, 0.717) is 0 Å². The molecule has 0 heterocycles. The lowest BCUT2D eigenvalue weighted by Gasteiger charge is -2.08. The van der Waals surface area contributed by atoms with Crippen LogP contribution in [0.15, 0.2) is 53.7 Å². The number of aryl methyl sites for hydroxylation is 1. The summed E-state index contributed by atoms with van der Waals surface area (Å²) >= 11 is 0. The zero-order valence-corrected chi connectivity index (χ0v) is 9.09. The van der Waals surface area contributed by atoms with Crippen LogP contribution in [0, 0.1) is 6.92 Å². The van der Waals surface area contributed by atoms with Crippen molar-refractivity contribution in [2.45, 2.75) is 6.92 Å². The summed E-state index contributed by atoms with van der Waals surface area (Å²) in [5.74, 6) is 0. The standard InChI is InChI=1S/C14H13NO/c1-11-6-2-4-8-13(11)14-9-5-3-7-12(14)10-15-16/h2-10,16H,1H3/b15-10+. The molecule has 0 aromatic heterocycles. The quantitative estimate of drug-likeness (QED) is 0.460. The second kappa shape index (κ2) is 4.62. The van der Waals surface area contributed by atoms with Crippen LogP contribution in [-0.4, -0.2) is 11.4 Å². The van der Waals surface area contributed by atoms with Gasteiger partial charge in [-0.3, -0.25) is 0 Å². The first-order valence-electron chi connectivity index (χ1n) is 5.15. The van der Waals surface area contributed by atoms with Crippen LogP contribution in [0.3, 0.4) is 0 Å². The normalized spacial score (nSPS) is 10.8. The Morgan fingerprint density at radius 2 is 1.56 bits per heavy atom. The number of rotatable bonds is 2. The molecule has 0 spiro atoms. The van der Waals surface area contributed by atoms with Crippen molar-refractivity contribution in [1.29, 1.82) is 0 Å². The fraction of sp³-hybridized carbons (Fsp3) is 0.0714. The van der Waals surface area contributed by atoms with Gasteiger partial charge in [0, 0.05) is 5.56 Å². The van der Waals surface area contributed by atoms with Crippen LogP contribution in [0.5, 0.6) is 0 Å². The highest BCUT2D eigenvalue weighted by atomic mass is 16.4. The van der Waals surface area contributed by atoms with E-state index in [-0.39, 0.29) is 0 Å². The molecular formula is C14H13NO. The summed E-state index contributed by atoms with van der Waals surface area (Å²) in [4.78, 5) is 0. The van der Waals surface area contributed by atoms with Crippen molar-refractivity contribution in [2.75, 3.05) is 0 Å². The van der Waals surface area contributed by atoms with Crippen molar-refractivity contribution in [3.8, 4) is 11.1 Å². The second-order valence-corrected chi connectivity index (χ2v) is 3.65. The molecule has 0 aliphatic heterocycles. The van der Waals surface area contributed by atoms with Crippen molar-refractivity contribution >= 4 is 6.21 Å². The molecule has 2 rings (SSSR count). The van der Waals surface area contributed by atoms with Gasteiger partial charge in [-0.15, -0.1) is 0 Å². The van der Waals surface area contributed by atoms with Gasteiger partial charge in [-0.25, -0.2) is 0 Å². The lowest BCUT2D eigenvalue weighted by Crippen LogP contribution is -1.89. The molecule has 2 aromatic rings. The summed E-state index contributed by atoms with van der Waals surface area (Å²) in [7, 11) is 0. The summed E-state index contributed by atoms with van der Waals surface area (Å²) in [6.07, 6.45) is 1.46. The molecule has 0 bridgehead atoms. The Morgan fingerprint density at radius 1 is 0.938 bits per heavy atom. The van der Waals surface area contributed by atoms with E-state index in [0.717, 1.165) is 16.7 Å². The molecule has 1 N–H and O–H groups in total. The van der Waals surface area contributed by atoms with Gasteiger partial charge in [0.25, 0.3) is 0 Å². The van der Waals surface area contributed by atoms with Crippen LogP contribution in [0.2, 0.25) is 0 Å². The van der Waals surface area contributed by atoms with Gasteiger partial charge in [0.05, 0.1) is 6.21 Å². The van der Waals surface area contributed by atoms with Gasteiger partial charge in [-0.2, -0.15) is 0 Å². The molecule has 0 saturated heterocycles. The van der Waals surface area contributed by atoms with Gasteiger partial charge in [0.1, 0.15) is 0 Å². The summed E-state index contributed by atoms with van der Waals surface area (Å²) in [6.45, 7) is 2.07. The number of nitrogens with zero attached hydrogens (tertiary/aromatic N) is 1. The molecule has 2 nitrogen and oxygen atoms in total. The monoisotopic (exact) mass is 211 g/mol. The van der Waals surface area contributed by atoms with Crippen LogP contribution in [0.4, 0.5) is 0 Å². The lowest BCUT2D eigenvalue weighted by molar-refractivity contribution is 0.322. The van der Waals surface area contributed by atoms with Crippen molar-refractivity contribution in [3.63, 3.8) is 0 Å². The summed E-state index contributed by atoms with van der Waals surface area (Å²) < 4.78 is 0. The van der Waals surface area contributed by atoms with Gasteiger partial charge in [-0.05, 0) is 23.6 Å². The van der Waals surface area contributed by atoms with Gasteiger partial charge >= 0.3 is 0 Å². The number of hydrogen-bond donors (Lipinski definition) is 1. The number of oxime groups is 1. The maximum Gasteiger partial charge on any atom is 0.0740 e. The third kappa shape index (κ3) is 1.96. The Hall–Kier alpha value is -2.09. The molecule has 0 fully saturated rings. The molecular weight excluding hydrogens is 198 g/mol. The first kappa shape index (κ1) is 10.4. The van der Waals surface area contributed by atoms with E-state index < -0.39 is 0 Å². The van der Waals surface area contributed by atoms with Crippen molar-refractivity contribution in [2.24, 2.45) is 5.16 Å². The molecule has 0 aliphatic carbocycles. The van der Waals surface area contributed by atoms with Crippen molar-refractivity contribution < 1.29 is 5.21 Å². The third-order valence-electron chi connectivity index (χ3n) is 2.59. The SMILES string of the molecule is Cc1ccccc1-c1ccccc1/C=N/O. The molecule has 0 saturated carbocycles. The average molecular weight is 211 g/mol. The summed E-state index contributed by atoms with van der Waals surface area (Å²) in [5.41, 5.74) is 4.37. The van der Waals surface area contributed by atoms with E-state index >= 15 is 0 Å². The highest BCUT2D eigenvalue weighted by Crippen LogP contribution is 2.25. The maximum absolute atomic E-state index is 8.63. The Kier molecular flexibility index (Phi) is 3.01. The summed E-state index contributed by atoms with van der Waals surface area (Å²) in [6, 6.07) is 16.0. The molecule has 0 atom stereocenters. The van der Waals surface area contributed by atoms with E-state index in [2.05, 4.69) is 24.2 Å². The van der Waals surface area contributed by atoms with Crippen LogP contribution in [0.1, 0.15) is 11.1 Å². The van der Waals surface area contributed by atoms with Crippen LogP contribution in [0.25, 0.3) is 11.1 Å². The summed E-state index contributed by atoms with van der Waals surface area (Å²) in [5, 5.41) is 11.7. The maximum atomic E-state index is 8.63. The molecule has 80 valence electrons. The minimum absolute atomic E-state index is 0.916. The van der Waals surface area contributed by atoms with Gasteiger partial charge in [0.2, 0.25) is 0 Å². The highest BCUT2D eigenvalue weighted by molar-refractivity contribution is 5.90. The highest BCUT2D eigenvalue weighted by Gasteiger charge is 2.04. The Balaban J connectivity index is 2.60. The molecule has 16 heavy (non-hydrogen) atoms. The topological polar surface area (TPSA) is 32.6 Å². The van der Waals surface area contributed by atoms with Gasteiger partial charge in [0.15, 0.2) is 0 Å². The smallest absolute Gasteiger partial charge is 0.0740 e. The predicted molar refractivity (Wildman–Crippen MR) is 66.0 cm³/mol. The van der Waals surface area contributed by atoms with E-state index in [9.17, 15) is 0 Å². The molecule has 0 radical (unpaired) electrons. The molecule has 0 amide bonds.